The molecule has 2 heterocycles. The summed E-state index contributed by atoms with van der Waals surface area (Å²) in [5, 5.41) is 0. The van der Waals surface area contributed by atoms with Crippen molar-refractivity contribution in [3.05, 3.63) is 152 Å². The minimum Gasteiger partial charge on any atom is -0.372 e. The van der Waals surface area contributed by atoms with E-state index in [0.717, 1.165) is 39.2 Å². The first-order valence-electron chi connectivity index (χ1n) is 13.8. The molecular formula is C35H35N3O3. The van der Waals surface area contributed by atoms with Gasteiger partial charge in [-0.25, -0.2) is 4.98 Å². The van der Waals surface area contributed by atoms with Gasteiger partial charge < -0.3 is 13.9 Å². The highest BCUT2D eigenvalue weighted by Gasteiger charge is 2.20. The Morgan fingerprint density at radius 1 is 0.829 bits per heavy atom. The molecule has 208 valence electrons. The van der Waals surface area contributed by atoms with Crippen LogP contribution in [0.3, 0.4) is 0 Å². The molecule has 0 aliphatic rings. The second-order valence-electron chi connectivity index (χ2n) is 10.8. The van der Waals surface area contributed by atoms with Gasteiger partial charge in [-0.1, -0.05) is 59.7 Å². The number of hydrogen-bond donors (Lipinski definition) is 0. The molecule has 0 saturated heterocycles. The molecule has 0 unspecified atom stereocenters. The summed E-state index contributed by atoms with van der Waals surface area (Å²) in [6.07, 6.45) is 5.51. The summed E-state index contributed by atoms with van der Waals surface area (Å²) < 4.78 is 9.62. The second-order valence-corrected chi connectivity index (χ2v) is 10.8. The number of carbonyl (C=O) groups is 1. The van der Waals surface area contributed by atoms with Crippen LogP contribution in [0.25, 0.3) is 5.69 Å². The van der Waals surface area contributed by atoms with Crippen molar-refractivity contribution in [3.63, 3.8) is 0 Å². The zero-order chi connectivity index (χ0) is 29.1. The monoisotopic (exact) mass is 545 g/mol. The van der Waals surface area contributed by atoms with Gasteiger partial charge in [-0.2, -0.15) is 0 Å². The molecule has 6 nitrogen and oxygen atoms in total. The fraction of sp³-hybridized carbons (Fsp3) is 0.229. The smallest absolute Gasteiger partial charge is 0.262 e. The van der Waals surface area contributed by atoms with E-state index >= 15 is 0 Å². The molecule has 5 aromatic rings. The van der Waals surface area contributed by atoms with Crippen LogP contribution in [0.1, 0.15) is 68.0 Å². The molecule has 0 aliphatic carbocycles. The van der Waals surface area contributed by atoms with E-state index < -0.39 is 0 Å². The van der Waals surface area contributed by atoms with Crippen LogP contribution < -0.4 is 5.56 Å². The molecule has 0 fully saturated rings. The highest BCUT2D eigenvalue weighted by molar-refractivity contribution is 6.09. The second kappa shape index (κ2) is 11.9. The van der Waals surface area contributed by atoms with Gasteiger partial charge in [0.25, 0.3) is 5.56 Å². The number of carbonyl (C=O) groups excluding carboxylic acids is 1. The Balaban J connectivity index is 1.49. The van der Waals surface area contributed by atoms with Crippen molar-refractivity contribution in [1.29, 1.82) is 0 Å². The number of ether oxygens (including phenoxy) is 1. The molecule has 5 rings (SSSR count). The predicted octanol–water partition coefficient (Wildman–Crippen LogP) is 6.82. The van der Waals surface area contributed by atoms with Gasteiger partial charge in [0.2, 0.25) is 0 Å². The molecule has 2 aromatic heterocycles. The van der Waals surface area contributed by atoms with Gasteiger partial charge in [-0.15, -0.1) is 0 Å². The average Bonchev–Trinajstić information content (AvgIpc) is 3.40. The molecule has 0 bridgehead atoms. The van der Waals surface area contributed by atoms with Crippen LogP contribution in [0.5, 0.6) is 0 Å². The molecule has 41 heavy (non-hydrogen) atoms. The van der Waals surface area contributed by atoms with E-state index in [1.807, 2.05) is 93.2 Å². The predicted molar refractivity (Wildman–Crippen MR) is 162 cm³/mol. The maximum atomic E-state index is 13.8. The number of aryl methyl sites for hydroxylation is 4. The van der Waals surface area contributed by atoms with Gasteiger partial charge in [0.05, 0.1) is 36.8 Å². The molecular weight excluding hydrogens is 510 g/mol. The molecule has 0 aliphatic heterocycles. The molecule has 0 radical (unpaired) electrons. The SMILES string of the molecule is Cc1ccc(COCc2cc(C(=O)c3ccc(-n4cnc(C)c4)c(C)c3)c(=O)n([C@@H](C)c3ccc(C)cc3)c2)cc1. The summed E-state index contributed by atoms with van der Waals surface area (Å²) in [7, 11) is 0. The van der Waals surface area contributed by atoms with Crippen LogP contribution in [0.2, 0.25) is 0 Å². The molecule has 0 N–H and O–H groups in total. The van der Waals surface area contributed by atoms with Gasteiger partial charge >= 0.3 is 0 Å². The van der Waals surface area contributed by atoms with Gasteiger partial charge in [0.1, 0.15) is 0 Å². The molecule has 6 heteroatoms. The summed E-state index contributed by atoms with van der Waals surface area (Å²) in [5.41, 5.74) is 8.20. The van der Waals surface area contributed by atoms with Crippen LogP contribution in [0.4, 0.5) is 0 Å². The molecule has 3 aromatic carbocycles. The number of benzene rings is 3. The summed E-state index contributed by atoms with van der Waals surface area (Å²) in [6, 6.07) is 23.2. The Morgan fingerprint density at radius 2 is 1.49 bits per heavy atom. The summed E-state index contributed by atoms with van der Waals surface area (Å²) in [6.45, 7) is 10.7. The summed E-state index contributed by atoms with van der Waals surface area (Å²) in [4.78, 5) is 31.9. The minimum absolute atomic E-state index is 0.131. The Morgan fingerprint density at radius 3 is 2.12 bits per heavy atom. The number of imidazole rings is 1. The average molecular weight is 546 g/mol. The maximum Gasteiger partial charge on any atom is 0.262 e. The van der Waals surface area contributed by atoms with Crippen molar-refractivity contribution in [2.24, 2.45) is 0 Å². The quantitative estimate of drug-likeness (QED) is 0.191. The number of pyridine rings is 1. The van der Waals surface area contributed by atoms with E-state index in [1.54, 1.807) is 23.0 Å². The first kappa shape index (κ1) is 28.0. The summed E-state index contributed by atoms with van der Waals surface area (Å²) >= 11 is 0. The van der Waals surface area contributed by atoms with Crippen molar-refractivity contribution in [3.8, 4) is 5.69 Å². The third-order valence-electron chi connectivity index (χ3n) is 7.43. The van der Waals surface area contributed by atoms with Crippen LogP contribution in [-0.2, 0) is 18.0 Å². The maximum absolute atomic E-state index is 13.8. The van der Waals surface area contributed by atoms with Crippen molar-refractivity contribution in [2.75, 3.05) is 0 Å². The zero-order valence-electron chi connectivity index (χ0n) is 24.2. The Labute approximate surface area is 240 Å². The molecule has 0 amide bonds. The van der Waals surface area contributed by atoms with Crippen molar-refractivity contribution >= 4 is 5.78 Å². The molecule has 1 atom stereocenters. The molecule has 0 spiro atoms. The lowest BCUT2D eigenvalue weighted by atomic mass is 9.99. The van der Waals surface area contributed by atoms with E-state index in [9.17, 15) is 9.59 Å². The van der Waals surface area contributed by atoms with E-state index in [4.69, 9.17) is 4.74 Å². The van der Waals surface area contributed by atoms with Gasteiger partial charge in [-0.3, -0.25) is 9.59 Å². The van der Waals surface area contributed by atoms with E-state index in [0.29, 0.717) is 12.2 Å². The Kier molecular flexibility index (Phi) is 8.13. The Bertz CT molecular complexity index is 1750. The first-order valence-corrected chi connectivity index (χ1v) is 13.8. The van der Waals surface area contributed by atoms with E-state index in [-0.39, 0.29) is 29.6 Å². The number of aromatic nitrogens is 3. The number of ketones is 1. The van der Waals surface area contributed by atoms with Crippen LogP contribution in [0, 0.1) is 27.7 Å². The van der Waals surface area contributed by atoms with Crippen molar-refractivity contribution < 1.29 is 9.53 Å². The number of nitrogens with zero attached hydrogens (tertiary/aromatic N) is 3. The van der Waals surface area contributed by atoms with Gasteiger partial charge in [0.15, 0.2) is 5.78 Å². The molecule has 0 saturated carbocycles. The minimum atomic E-state index is -0.322. The van der Waals surface area contributed by atoms with Crippen LogP contribution >= 0.6 is 0 Å². The summed E-state index contributed by atoms with van der Waals surface area (Å²) in [5.74, 6) is -0.309. The number of hydrogen-bond acceptors (Lipinski definition) is 4. The van der Waals surface area contributed by atoms with Gasteiger partial charge in [-0.05, 0) is 81.1 Å². The lowest BCUT2D eigenvalue weighted by Gasteiger charge is -2.19. The van der Waals surface area contributed by atoms with Crippen molar-refractivity contribution in [2.45, 2.75) is 53.9 Å². The van der Waals surface area contributed by atoms with E-state index in [1.165, 1.54) is 5.56 Å². The Hall–Kier alpha value is -4.55. The third-order valence-corrected chi connectivity index (χ3v) is 7.43. The number of rotatable bonds is 9. The highest BCUT2D eigenvalue weighted by Crippen LogP contribution is 2.21. The van der Waals surface area contributed by atoms with Crippen molar-refractivity contribution in [1.82, 2.24) is 14.1 Å². The largest absolute Gasteiger partial charge is 0.372 e. The fourth-order valence-corrected chi connectivity index (χ4v) is 4.96. The zero-order valence-corrected chi connectivity index (χ0v) is 24.2. The van der Waals surface area contributed by atoms with Gasteiger partial charge in [0, 0.05) is 23.6 Å². The standard InChI is InChI=1S/C35H35N3O3/c1-23-6-10-28(11-7-23)20-41-21-29-17-32(35(40)38(19-29)27(5)30-12-8-24(2)9-13-30)34(39)31-14-15-33(25(3)16-31)37-18-26(4)36-22-37/h6-19,22,27H,20-21H2,1-5H3/t27-/m0/s1. The van der Waals surface area contributed by atoms with Crippen LogP contribution in [-0.4, -0.2) is 19.9 Å². The highest BCUT2D eigenvalue weighted by atomic mass is 16.5. The lowest BCUT2D eigenvalue weighted by molar-refractivity contribution is 0.102. The lowest BCUT2D eigenvalue weighted by Crippen LogP contribution is -2.30. The third kappa shape index (κ3) is 6.28. The van der Waals surface area contributed by atoms with E-state index in [2.05, 4.69) is 24.0 Å². The fourth-order valence-electron chi connectivity index (χ4n) is 4.96. The topological polar surface area (TPSA) is 66.1 Å². The first-order chi connectivity index (χ1) is 19.7. The normalized spacial score (nSPS) is 11.9. The van der Waals surface area contributed by atoms with Crippen LogP contribution in [0.15, 0.2) is 96.3 Å².